The van der Waals surface area contributed by atoms with Gasteiger partial charge in [0.1, 0.15) is 0 Å². The van der Waals surface area contributed by atoms with Crippen LogP contribution in [0.4, 0.5) is 0 Å². The van der Waals surface area contributed by atoms with Crippen molar-refractivity contribution in [2.45, 2.75) is 20.3 Å². The maximum atomic E-state index is 10.9. The molecule has 0 aliphatic heterocycles. The molecule has 0 bridgehead atoms. The quantitative estimate of drug-likeness (QED) is 0.655. The van der Waals surface area contributed by atoms with Crippen molar-refractivity contribution >= 4 is 11.9 Å². The number of carbonyl (C=O) groups is 2. The van der Waals surface area contributed by atoms with Gasteiger partial charge in [-0.2, -0.15) is 0 Å². The summed E-state index contributed by atoms with van der Waals surface area (Å²) in [7, 11) is 0. The maximum Gasteiger partial charge on any atom is 0.306 e. The van der Waals surface area contributed by atoms with E-state index in [1.165, 1.54) is 13.1 Å². The van der Waals surface area contributed by atoms with Crippen LogP contribution in [0.1, 0.15) is 20.3 Å². The Morgan fingerprint density at radius 3 is 2.58 bits per heavy atom. The second kappa shape index (κ2) is 5.35. The lowest BCUT2D eigenvalue weighted by Crippen LogP contribution is -2.22. The van der Waals surface area contributed by atoms with Gasteiger partial charge in [0.25, 0.3) is 0 Å². The van der Waals surface area contributed by atoms with Crippen LogP contribution in [0, 0.1) is 5.92 Å². The molecule has 4 nitrogen and oxygen atoms in total. The van der Waals surface area contributed by atoms with Crippen molar-refractivity contribution in [2.24, 2.45) is 5.92 Å². The average molecular weight is 171 g/mol. The van der Waals surface area contributed by atoms with E-state index < -0.39 is 11.9 Å². The molecular weight excluding hydrogens is 158 g/mol. The van der Waals surface area contributed by atoms with Gasteiger partial charge >= 0.3 is 5.97 Å². The third kappa shape index (κ3) is 4.49. The molecule has 0 saturated heterocycles. The Kier molecular flexibility index (Phi) is 4.76. The van der Waals surface area contributed by atoms with E-state index in [4.69, 9.17) is 5.11 Å². The molecule has 4 heteroatoms. The summed E-state index contributed by atoms with van der Waals surface area (Å²) >= 11 is 0. The van der Waals surface area contributed by atoms with Crippen LogP contribution in [0.5, 0.6) is 0 Å². The predicted molar refractivity (Wildman–Crippen MR) is 44.4 cm³/mol. The molecule has 0 aliphatic rings. The summed E-state index contributed by atoms with van der Waals surface area (Å²) in [6.45, 7) is 3.26. The molecule has 1 unspecified atom stereocenters. The monoisotopic (exact) mass is 171 g/mol. The van der Waals surface area contributed by atoms with Gasteiger partial charge in [0.15, 0.2) is 0 Å². The van der Waals surface area contributed by atoms with Crippen LogP contribution in [0.3, 0.4) is 0 Å². The normalized spacial score (nSPS) is 12.8. The van der Waals surface area contributed by atoms with E-state index in [1.54, 1.807) is 13.0 Å². The Morgan fingerprint density at radius 2 is 2.17 bits per heavy atom. The second-order valence-electron chi connectivity index (χ2n) is 2.51. The van der Waals surface area contributed by atoms with Crippen molar-refractivity contribution in [2.75, 3.05) is 0 Å². The minimum Gasteiger partial charge on any atom is -0.481 e. The molecule has 2 N–H and O–H groups in total. The highest BCUT2D eigenvalue weighted by Crippen LogP contribution is 2.00. The van der Waals surface area contributed by atoms with Gasteiger partial charge in [0.2, 0.25) is 5.91 Å². The Morgan fingerprint density at radius 1 is 1.58 bits per heavy atom. The molecule has 0 heterocycles. The Hall–Kier alpha value is -1.32. The average Bonchev–Trinajstić information content (AvgIpc) is 2.00. The molecule has 0 aromatic heterocycles. The molecule has 68 valence electrons. The van der Waals surface area contributed by atoms with E-state index in [-0.39, 0.29) is 12.3 Å². The van der Waals surface area contributed by atoms with Crippen molar-refractivity contribution in [3.8, 4) is 0 Å². The van der Waals surface area contributed by atoms with Crippen molar-refractivity contribution in [1.82, 2.24) is 5.32 Å². The summed E-state index contributed by atoms with van der Waals surface area (Å²) < 4.78 is 0. The van der Waals surface area contributed by atoms with Crippen molar-refractivity contribution in [3.05, 3.63) is 12.3 Å². The summed E-state index contributed by atoms with van der Waals surface area (Å²) in [5, 5.41) is 10.9. The zero-order chi connectivity index (χ0) is 9.56. The molecule has 12 heavy (non-hydrogen) atoms. The lowest BCUT2D eigenvalue weighted by molar-refractivity contribution is -0.143. The van der Waals surface area contributed by atoms with Gasteiger partial charge in [0, 0.05) is 6.42 Å². The summed E-state index contributed by atoms with van der Waals surface area (Å²) in [4.78, 5) is 21.2. The molecule has 0 saturated carbocycles. The fourth-order valence-corrected chi connectivity index (χ4v) is 0.601. The second-order valence-corrected chi connectivity index (χ2v) is 2.51. The fraction of sp³-hybridized carbons (Fsp3) is 0.500. The van der Waals surface area contributed by atoms with E-state index in [0.717, 1.165) is 0 Å². The minimum atomic E-state index is -0.953. The Labute approximate surface area is 71.3 Å². The first-order valence-electron chi connectivity index (χ1n) is 3.71. The van der Waals surface area contributed by atoms with E-state index in [1.807, 2.05) is 0 Å². The largest absolute Gasteiger partial charge is 0.481 e. The summed E-state index contributed by atoms with van der Waals surface area (Å²) in [5.41, 5.74) is 0. The van der Waals surface area contributed by atoms with Crippen LogP contribution >= 0.6 is 0 Å². The first-order chi connectivity index (χ1) is 5.57. The van der Waals surface area contributed by atoms with Crippen molar-refractivity contribution < 1.29 is 14.7 Å². The number of carbonyl (C=O) groups excluding carboxylic acids is 1. The van der Waals surface area contributed by atoms with E-state index >= 15 is 0 Å². The van der Waals surface area contributed by atoms with Gasteiger partial charge in [-0.1, -0.05) is 13.0 Å². The summed E-state index contributed by atoms with van der Waals surface area (Å²) in [5.74, 6) is -1.86. The highest BCUT2D eigenvalue weighted by Gasteiger charge is 2.14. The van der Waals surface area contributed by atoms with Crippen LogP contribution in [0.2, 0.25) is 0 Å². The molecular formula is C8H13NO3. The van der Waals surface area contributed by atoms with Gasteiger partial charge in [-0.25, -0.2) is 0 Å². The van der Waals surface area contributed by atoms with Crippen LogP contribution in [-0.4, -0.2) is 17.0 Å². The number of carboxylic acid groups (broad SMARTS) is 1. The predicted octanol–water partition coefficient (Wildman–Crippen LogP) is 0.747. The number of nitrogens with one attached hydrogen (secondary N) is 1. The molecule has 0 aliphatic carbocycles. The lowest BCUT2D eigenvalue weighted by Gasteiger charge is -2.03. The minimum absolute atomic E-state index is 0.0136. The standard InChI is InChI=1S/C8H13NO3/c1-3-4-9-7(10)5-6(2)8(11)12/h3-4,6H,5H2,1-2H3,(H,9,10)(H,11,12)/b4-3+. The van der Waals surface area contributed by atoms with Crippen molar-refractivity contribution in [1.29, 1.82) is 0 Å². The first-order valence-corrected chi connectivity index (χ1v) is 3.71. The molecule has 0 aromatic carbocycles. The van der Waals surface area contributed by atoms with Gasteiger partial charge in [-0.05, 0) is 13.1 Å². The number of carboxylic acids is 1. The van der Waals surface area contributed by atoms with Gasteiger partial charge in [0.05, 0.1) is 5.92 Å². The number of amides is 1. The van der Waals surface area contributed by atoms with Crippen LogP contribution < -0.4 is 5.32 Å². The van der Waals surface area contributed by atoms with E-state index in [2.05, 4.69) is 5.32 Å². The highest BCUT2D eigenvalue weighted by molar-refractivity contribution is 5.82. The van der Waals surface area contributed by atoms with Gasteiger partial charge in [-0.15, -0.1) is 0 Å². The highest BCUT2D eigenvalue weighted by atomic mass is 16.4. The zero-order valence-electron chi connectivity index (χ0n) is 7.20. The Balaban J connectivity index is 3.76. The van der Waals surface area contributed by atoms with Crippen LogP contribution in [0.15, 0.2) is 12.3 Å². The topological polar surface area (TPSA) is 66.4 Å². The third-order valence-electron chi connectivity index (χ3n) is 1.32. The molecule has 0 spiro atoms. The Bertz CT molecular complexity index is 198. The maximum absolute atomic E-state index is 10.9. The smallest absolute Gasteiger partial charge is 0.306 e. The number of aliphatic carboxylic acids is 1. The summed E-state index contributed by atoms with van der Waals surface area (Å²) in [6, 6.07) is 0. The number of allylic oxidation sites excluding steroid dienone is 1. The fourth-order valence-electron chi connectivity index (χ4n) is 0.601. The molecule has 1 atom stereocenters. The van der Waals surface area contributed by atoms with Crippen LogP contribution in [0.25, 0.3) is 0 Å². The van der Waals surface area contributed by atoms with E-state index in [9.17, 15) is 9.59 Å². The number of hydrogen-bond donors (Lipinski definition) is 2. The molecule has 1 amide bonds. The number of rotatable bonds is 4. The SMILES string of the molecule is C/C=C/NC(=O)CC(C)C(=O)O. The van der Waals surface area contributed by atoms with Gasteiger partial charge < -0.3 is 10.4 Å². The molecule has 0 radical (unpaired) electrons. The molecule has 0 aromatic rings. The van der Waals surface area contributed by atoms with Crippen LogP contribution in [-0.2, 0) is 9.59 Å². The number of hydrogen-bond acceptors (Lipinski definition) is 2. The third-order valence-corrected chi connectivity index (χ3v) is 1.32. The first kappa shape index (κ1) is 10.7. The summed E-state index contributed by atoms with van der Waals surface area (Å²) in [6.07, 6.45) is 3.17. The molecule has 0 fully saturated rings. The zero-order valence-corrected chi connectivity index (χ0v) is 7.20. The van der Waals surface area contributed by atoms with E-state index in [0.29, 0.717) is 0 Å². The molecule has 0 rings (SSSR count). The lowest BCUT2D eigenvalue weighted by atomic mass is 10.1. The van der Waals surface area contributed by atoms with Gasteiger partial charge in [-0.3, -0.25) is 9.59 Å². The van der Waals surface area contributed by atoms with Crippen molar-refractivity contribution in [3.63, 3.8) is 0 Å².